The number of nitrogens with zero attached hydrogens (tertiary/aromatic N) is 1. The number of fused-ring (bicyclic) bond motifs is 1. The van der Waals surface area contributed by atoms with E-state index >= 15 is 0 Å². The van der Waals surface area contributed by atoms with E-state index in [9.17, 15) is 4.79 Å². The summed E-state index contributed by atoms with van der Waals surface area (Å²) in [6.45, 7) is 0. The molecule has 0 amide bonds. The van der Waals surface area contributed by atoms with Gasteiger partial charge in [0.15, 0.2) is 0 Å². The van der Waals surface area contributed by atoms with Crippen LogP contribution >= 0.6 is 0 Å². The molecule has 2 aromatic rings. The van der Waals surface area contributed by atoms with Crippen molar-refractivity contribution in [2.24, 2.45) is 5.73 Å². The van der Waals surface area contributed by atoms with E-state index < -0.39 is 12.0 Å². The van der Waals surface area contributed by atoms with Crippen molar-refractivity contribution in [2.75, 3.05) is 0 Å². The minimum atomic E-state index is -0.890. The summed E-state index contributed by atoms with van der Waals surface area (Å²) >= 11 is 0. The molecule has 1 aromatic heterocycles. The Labute approximate surface area is 92.7 Å². The van der Waals surface area contributed by atoms with Gasteiger partial charge in [-0.1, -0.05) is 18.2 Å². The van der Waals surface area contributed by atoms with Gasteiger partial charge in [0.2, 0.25) is 0 Å². The summed E-state index contributed by atoms with van der Waals surface area (Å²) in [7, 11) is 0. The van der Waals surface area contributed by atoms with Gasteiger partial charge in [0.1, 0.15) is 0 Å². The van der Waals surface area contributed by atoms with Gasteiger partial charge < -0.3 is 10.8 Å². The molecule has 0 aliphatic carbocycles. The predicted octanol–water partition coefficient (Wildman–Crippen LogP) is 1.71. The summed E-state index contributed by atoms with van der Waals surface area (Å²) in [6.07, 6.45) is 3.35. The average Bonchev–Trinajstić information content (AvgIpc) is 2.27. The second kappa shape index (κ2) is 4.28. The van der Waals surface area contributed by atoms with Gasteiger partial charge in [-0.2, -0.15) is 0 Å². The molecule has 3 N–H and O–H groups in total. The lowest BCUT2D eigenvalue weighted by atomic mass is 9.99. The smallest absolute Gasteiger partial charge is 0.305 e. The van der Waals surface area contributed by atoms with Crippen LogP contribution in [-0.4, -0.2) is 16.1 Å². The Balaban J connectivity index is 2.47. The first-order chi connectivity index (χ1) is 7.68. The molecule has 0 unspecified atom stereocenters. The molecule has 1 heterocycles. The summed E-state index contributed by atoms with van der Waals surface area (Å²) in [4.78, 5) is 14.6. The maximum Gasteiger partial charge on any atom is 0.305 e. The highest BCUT2D eigenvalue weighted by molar-refractivity contribution is 5.85. The molecule has 4 heteroatoms. The Morgan fingerprint density at radius 2 is 2.25 bits per heavy atom. The van der Waals surface area contributed by atoms with Crippen molar-refractivity contribution in [3.8, 4) is 0 Å². The van der Waals surface area contributed by atoms with Crippen molar-refractivity contribution < 1.29 is 9.90 Å². The van der Waals surface area contributed by atoms with Crippen LogP contribution in [0.5, 0.6) is 0 Å². The molecule has 1 atom stereocenters. The number of pyridine rings is 1. The topological polar surface area (TPSA) is 76.2 Å². The molecule has 4 nitrogen and oxygen atoms in total. The summed E-state index contributed by atoms with van der Waals surface area (Å²) in [5.74, 6) is -0.890. The SMILES string of the molecule is N[C@@H](CC(=O)O)c1cccc2cnccc12. The molecule has 0 fully saturated rings. The van der Waals surface area contributed by atoms with Gasteiger partial charge in [-0.25, -0.2) is 0 Å². The minimum absolute atomic E-state index is 0.0680. The van der Waals surface area contributed by atoms with Crippen LogP contribution in [0.2, 0.25) is 0 Å². The Morgan fingerprint density at radius 3 is 3.00 bits per heavy atom. The molecule has 16 heavy (non-hydrogen) atoms. The normalized spacial score (nSPS) is 12.6. The first-order valence-corrected chi connectivity index (χ1v) is 4.98. The first-order valence-electron chi connectivity index (χ1n) is 4.98. The maximum absolute atomic E-state index is 10.6. The third kappa shape index (κ3) is 2.01. The third-order valence-corrected chi connectivity index (χ3v) is 2.51. The molecule has 0 radical (unpaired) electrons. The number of benzene rings is 1. The van der Waals surface area contributed by atoms with Crippen molar-refractivity contribution in [2.45, 2.75) is 12.5 Å². The molecule has 0 saturated heterocycles. The number of carboxylic acid groups (broad SMARTS) is 1. The average molecular weight is 216 g/mol. The van der Waals surface area contributed by atoms with E-state index in [4.69, 9.17) is 10.8 Å². The number of carbonyl (C=O) groups is 1. The fourth-order valence-corrected chi connectivity index (χ4v) is 1.77. The zero-order valence-corrected chi connectivity index (χ0v) is 8.63. The zero-order chi connectivity index (χ0) is 11.5. The summed E-state index contributed by atoms with van der Waals surface area (Å²) in [5.41, 5.74) is 6.71. The molecule has 0 bridgehead atoms. The molecule has 2 rings (SSSR count). The van der Waals surface area contributed by atoms with E-state index in [1.54, 1.807) is 12.4 Å². The molecular weight excluding hydrogens is 204 g/mol. The van der Waals surface area contributed by atoms with Crippen LogP contribution in [0.3, 0.4) is 0 Å². The molecule has 0 aliphatic rings. The van der Waals surface area contributed by atoms with Crippen molar-refractivity contribution >= 4 is 16.7 Å². The Bertz CT molecular complexity index is 520. The van der Waals surface area contributed by atoms with E-state index in [-0.39, 0.29) is 6.42 Å². The van der Waals surface area contributed by atoms with Crippen molar-refractivity contribution in [1.82, 2.24) is 4.98 Å². The third-order valence-electron chi connectivity index (χ3n) is 2.51. The van der Waals surface area contributed by atoms with Crippen LogP contribution in [0.1, 0.15) is 18.0 Å². The van der Waals surface area contributed by atoms with Crippen molar-refractivity contribution in [3.63, 3.8) is 0 Å². The molecule has 82 valence electrons. The Kier molecular flexibility index (Phi) is 2.83. The lowest BCUT2D eigenvalue weighted by Crippen LogP contribution is -2.15. The van der Waals surface area contributed by atoms with E-state index in [0.717, 1.165) is 16.3 Å². The highest BCUT2D eigenvalue weighted by atomic mass is 16.4. The maximum atomic E-state index is 10.6. The highest BCUT2D eigenvalue weighted by Crippen LogP contribution is 2.23. The van der Waals surface area contributed by atoms with Gasteiger partial charge >= 0.3 is 5.97 Å². The number of rotatable bonds is 3. The zero-order valence-electron chi connectivity index (χ0n) is 8.63. The lowest BCUT2D eigenvalue weighted by molar-refractivity contribution is -0.137. The van der Waals surface area contributed by atoms with Crippen molar-refractivity contribution in [3.05, 3.63) is 42.2 Å². The van der Waals surface area contributed by atoms with Crippen LogP contribution in [-0.2, 0) is 4.79 Å². The monoisotopic (exact) mass is 216 g/mol. The Morgan fingerprint density at radius 1 is 1.44 bits per heavy atom. The number of nitrogens with two attached hydrogens (primary N) is 1. The summed E-state index contributed by atoms with van der Waals surface area (Å²) in [6, 6.07) is 7.02. The van der Waals surface area contributed by atoms with E-state index in [1.807, 2.05) is 24.3 Å². The van der Waals surface area contributed by atoms with Gasteiger partial charge in [-0.05, 0) is 17.0 Å². The van der Waals surface area contributed by atoms with Crippen LogP contribution < -0.4 is 5.73 Å². The summed E-state index contributed by atoms with van der Waals surface area (Å²) in [5, 5.41) is 10.7. The number of aromatic nitrogens is 1. The quantitative estimate of drug-likeness (QED) is 0.818. The second-order valence-corrected chi connectivity index (χ2v) is 3.65. The second-order valence-electron chi connectivity index (χ2n) is 3.65. The summed E-state index contributed by atoms with van der Waals surface area (Å²) < 4.78 is 0. The van der Waals surface area contributed by atoms with Crippen LogP contribution in [0.25, 0.3) is 10.8 Å². The number of carboxylic acids is 1. The number of hydrogen-bond acceptors (Lipinski definition) is 3. The molecule has 0 saturated carbocycles. The number of hydrogen-bond donors (Lipinski definition) is 2. The standard InChI is InChI=1S/C12H12N2O2/c13-11(6-12(15)16)10-3-1-2-8-7-14-5-4-9(8)10/h1-5,7,11H,6,13H2,(H,15,16)/t11-/m0/s1. The largest absolute Gasteiger partial charge is 0.481 e. The molecule has 0 aliphatic heterocycles. The van der Waals surface area contributed by atoms with Gasteiger partial charge in [0.05, 0.1) is 6.42 Å². The van der Waals surface area contributed by atoms with Crippen LogP contribution in [0.15, 0.2) is 36.7 Å². The van der Waals surface area contributed by atoms with E-state index in [0.29, 0.717) is 0 Å². The van der Waals surface area contributed by atoms with Crippen molar-refractivity contribution in [1.29, 1.82) is 0 Å². The molecular formula is C12H12N2O2. The number of aliphatic carboxylic acids is 1. The minimum Gasteiger partial charge on any atom is -0.481 e. The van der Waals surface area contributed by atoms with Gasteiger partial charge in [-0.3, -0.25) is 9.78 Å². The molecule has 1 aromatic carbocycles. The van der Waals surface area contributed by atoms with Gasteiger partial charge in [0.25, 0.3) is 0 Å². The van der Waals surface area contributed by atoms with Crippen LogP contribution in [0, 0.1) is 0 Å². The predicted molar refractivity (Wildman–Crippen MR) is 60.9 cm³/mol. The highest BCUT2D eigenvalue weighted by Gasteiger charge is 2.12. The van der Waals surface area contributed by atoms with E-state index in [2.05, 4.69) is 4.98 Å². The van der Waals surface area contributed by atoms with Gasteiger partial charge in [0, 0.05) is 23.8 Å². The fourth-order valence-electron chi connectivity index (χ4n) is 1.77. The first kappa shape index (κ1) is 10.6. The fraction of sp³-hybridized carbons (Fsp3) is 0.167. The van der Waals surface area contributed by atoms with E-state index in [1.165, 1.54) is 0 Å². The van der Waals surface area contributed by atoms with Crippen LogP contribution in [0.4, 0.5) is 0 Å². The lowest BCUT2D eigenvalue weighted by Gasteiger charge is -2.12. The van der Waals surface area contributed by atoms with Gasteiger partial charge in [-0.15, -0.1) is 0 Å². The Hall–Kier alpha value is -1.94. The molecule has 0 spiro atoms.